The maximum atomic E-state index is 12.6. The van der Waals surface area contributed by atoms with Crippen molar-refractivity contribution >= 4 is 40.4 Å². The van der Waals surface area contributed by atoms with Crippen molar-refractivity contribution in [1.29, 1.82) is 0 Å². The molecule has 154 valence electrons. The van der Waals surface area contributed by atoms with Crippen LogP contribution in [0.2, 0.25) is 5.02 Å². The lowest BCUT2D eigenvalue weighted by molar-refractivity contribution is -0.136. The number of hydrogen-bond acceptors (Lipinski definition) is 7. The minimum atomic E-state index is -0.485. The zero-order valence-electron chi connectivity index (χ0n) is 16.4. The van der Waals surface area contributed by atoms with Gasteiger partial charge in [0.2, 0.25) is 5.91 Å². The van der Waals surface area contributed by atoms with E-state index in [-0.39, 0.29) is 12.3 Å². The maximum Gasteiger partial charge on any atom is 0.338 e. The van der Waals surface area contributed by atoms with E-state index in [0.29, 0.717) is 34.6 Å². The zero-order chi connectivity index (χ0) is 21.0. The molecule has 9 heteroatoms. The minimum Gasteiger partial charge on any atom is -0.466 e. The zero-order valence-corrected chi connectivity index (χ0v) is 18.0. The van der Waals surface area contributed by atoms with Crippen molar-refractivity contribution in [3.05, 3.63) is 57.2 Å². The Balaban J connectivity index is 1.96. The van der Waals surface area contributed by atoms with Gasteiger partial charge < -0.3 is 19.7 Å². The van der Waals surface area contributed by atoms with Crippen LogP contribution in [0.4, 0.5) is 0 Å². The van der Waals surface area contributed by atoms with E-state index in [4.69, 9.17) is 21.1 Å². The minimum absolute atomic E-state index is 0.133. The average Bonchev–Trinajstić information content (AvgIpc) is 3.08. The number of aliphatic imine (C=N–C) groups is 1. The molecule has 2 heterocycles. The van der Waals surface area contributed by atoms with Crippen molar-refractivity contribution in [2.24, 2.45) is 4.99 Å². The number of amidine groups is 1. The molecular weight excluding hydrogens is 414 g/mol. The standard InChI is InChI=1S/C20H22ClN3O4S/c1-12-17(19(26)28-3)18(13-5-4-6-14(21)9-13)24-15(11-29-20(24)23-12)10-16(25)22-7-8-27-2/h4-6,9,11,18H,7-8,10H2,1-3H3,(H,22,25). The number of esters is 1. The molecule has 2 aliphatic heterocycles. The summed E-state index contributed by atoms with van der Waals surface area (Å²) in [6.07, 6.45) is 0.153. The number of nitrogens with one attached hydrogen (secondary N) is 1. The summed E-state index contributed by atoms with van der Waals surface area (Å²) in [5.41, 5.74) is 2.58. The normalized spacial score (nSPS) is 18.2. The fourth-order valence-corrected chi connectivity index (χ4v) is 4.42. The van der Waals surface area contributed by atoms with Crippen molar-refractivity contribution < 1.29 is 19.1 Å². The lowest BCUT2D eigenvalue weighted by Gasteiger charge is -2.36. The third-order valence-electron chi connectivity index (χ3n) is 4.54. The molecule has 1 N–H and O–H groups in total. The second-order valence-corrected chi connectivity index (χ2v) is 7.73. The monoisotopic (exact) mass is 435 g/mol. The molecule has 1 amide bonds. The van der Waals surface area contributed by atoms with E-state index in [1.54, 1.807) is 20.1 Å². The molecule has 0 bridgehead atoms. The molecule has 1 aromatic rings. The van der Waals surface area contributed by atoms with Gasteiger partial charge in [0, 0.05) is 24.4 Å². The number of carbonyl (C=O) groups is 2. The van der Waals surface area contributed by atoms with Gasteiger partial charge in [0.1, 0.15) is 0 Å². The number of rotatable bonds is 7. The smallest absolute Gasteiger partial charge is 0.338 e. The Kier molecular flexibility index (Phi) is 7.00. The number of amides is 1. The third kappa shape index (κ3) is 4.66. The third-order valence-corrected chi connectivity index (χ3v) is 5.66. The van der Waals surface area contributed by atoms with Gasteiger partial charge in [-0.1, -0.05) is 35.5 Å². The average molecular weight is 436 g/mol. The van der Waals surface area contributed by atoms with E-state index in [2.05, 4.69) is 10.3 Å². The molecule has 2 aliphatic rings. The summed E-state index contributed by atoms with van der Waals surface area (Å²) in [5.74, 6) is -0.595. The lowest BCUT2D eigenvalue weighted by atomic mass is 9.94. The first kappa shape index (κ1) is 21.4. The molecule has 1 unspecified atom stereocenters. The molecule has 1 atom stereocenters. The Hall–Kier alpha value is -2.29. The number of fused-ring (bicyclic) bond motifs is 1. The van der Waals surface area contributed by atoms with Crippen LogP contribution in [-0.2, 0) is 19.1 Å². The summed E-state index contributed by atoms with van der Waals surface area (Å²) < 4.78 is 9.99. The number of thioether (sulfide) groups is 1. The highest BCUT2D eigenvalue weighted by molar-refractivity contribution is 8.16. The van der Waals surface area contributed by atoms with E-state index in [0.717, 1.165) is 11.3 Å². The Bertz CT molecular complexity index is 913. The first-order valence-corrected chi connectivity index (χ1v) is 10.3. The first-order valence-electron chi connectivity index (χ1n) is 9.00. The van der Waals surface area contributed by atoms with E-state index < -0.39 is 12.0 Å². The molecule has 0 aliphatic carbocycles. The van der Waals surface area contributed by atoms with Crippen LogP contribution >= 0.6 is 23.4 Å². The Morgan fingerprint density at radius 3 is 2.83 bits per heavy atom. The van der Waals surface area contributed by atoms with Gasteiger partial charge in [-0.2, -0.15) is 0 Å². The number of halogens is 1. The topological polar surface area (TPSA) is 80.2 Å². The van der Waals surface area contributed by atoms with Crippen LogP contribution in [0.3, 0.4) is 0 Å². The molecule has 0 radical (unpaired) electrons. The van der Waals surface area contributed by atoms with Crippen molar-refractivity contribution in [2.45, 2.75) is 19.4 Å². The summed E-state index contributed by atoms with van der Waals surface area (Å²) in [7, 11) is 2.92. The Morgan fingerprint density at radius 2 is 2.14 bits per heavy atom. The van der Waals surface area contributed by atoms with Crippen molar-refractivity contribution in [1.82, 2.24) is 10.2 Å². The van der Waals surface area contributed by atoms with Gasteiger partial charge in [0.25, 0.3) is 0 Å². The number of allylic oxidation sites excluding steroid dienone is 1. The van der Waals surface area contributed by atoms with Gasteiger partial charge >= 0.3 is 5.97 Å². The molecule has 0 fully saturated rings. The van der Waals surface area contributed by atoms with Crippen LogP contribution in [0.5, 0.6) is 0 Å². The second kappa shape index (κ2) is 9.47. The van der Waals surface area contributed by atoms with Crippen LogP contribution in [0, 0.1) is 0 Å². The van der Waals surface area contributed by atoms with Crippen molar-refractivity contribution in [3.8, 4) is 0 Å². The highest BCUT2D eigenvalue weighted by Crippen LogP contribution is 2.45. The molecule has 7 nitrogen and oxygen atoms in total. The fourth-order valence-electron chi connectivity index (χ4n) is 3.25. The summed E-state index contributed by atoms with van der Waals surface area (Å²) >= 11 is 7.64. The van der Waals surface area contributed by atoms with Gasteiger partial charge in [-0.15, -0.1) is 0 Å². The van der Waals surface area contributed by atoms with Gasteiger partial charge in [-0.05, 0) is 30.0 Å². The number of carbonyl (C=O) groups excluding carboxylic acids is 2. The SMILES string of the molecule is COCCNC(=O)CC1=CSC2=NC(C)=C(C(=O)OC)C(c3cccc(Cl)c3)N12. The quantitative estimate of drug-likeness (QED) is 0.523. The predicted octanol–water partition coefficient (Wildman–Crippen LogP) is 3.24. The molecule has 0 saturated heterocycles. The summed E-state index contributed by atoms with van der Waals surface area (Å²) in [4.78, 5) is 31.5. The van der Waals surface area contributed by atoms with Crippen molar-refractivity contribution in [2.75, 3.05) is 27.4 Å². The largest absolute Gasteiger partial charge is 0.466 e. The Labute approximate surface area is 178 Å². The highest BCUT2D eigenvalue weighted by atomic mass is 35.5. The molecule has 29 heavy (non-hydrogen) atoms. The van der Waals surface area contributed by atoms with E-state index in [1.807, 2.05) is 28.5 Å². The predicted molar refractivity (Wildman–Crippen MR) is 113 cm³/mol. The van der Waals surface area contributed by atoms with Gasteiger partial charge in [-0.25, -0.2) is 9.79 Å². The molecule has 0 spiro atoms. The van der Waals surface area contributed by atoms with E-state index in [1.165, 1.54) is 18.9 Å². The molecule has 0 aromatic heterocycles. The summed E-state index contributed by atoms with van der Waals surface area (Å²) in [5, 5.41) is 5.97. The Morgan fingerprint density at radius 1 is 1.34 bits per heavy atom. The fraction of sp³-hybridized carbons (Fsp3) is 0.350. The number of methoxy groups -OCH3 is 2. The van der Waals surface area contributed by atoms with Gasteiger partial charge in [-0.3, -0.25) is 4.79 Å². The van der Waals surface area contributed by atoms with Crippen LogP contribution in [0.25, 0.3) is 0 Å². The number of benzene rings is 1. The second-order valence-electron chi connectivity index (χ2n) is 6.46. The first-order chi connectivity index (χ1) is 14.0. The van der Waals surface area contributed by atoms with Crippen molar-refractivity contribution in [3.63, 3.8) is 0 Å². The van der Waals surface area contributed by atoms with Crippen LogP contribution in [-0.4, -0.2) is 49.3 Å². The molecule has 1 aromatic carbocycles. The van der Waals surface area contributed by atoms with Crippen LogP contribution in [0.15, 0.2) is 51.6 Å². The van der Waals surface area contributed by atoms with Gasteiger partial charge in [0.15, 0.2) is 5.17 Å². The molecular formula is C20H22ClN3O4S. The molecule has 0 saturated carbocycles. The lowest BCUT2D eigenvalue weighted by Crippen LogP contribution is -2.38. The van der Waals surface area contributed by atoms with Crippen LogP contribution in [0.1, 0.15) is 24.9 Å². The van der Waals surface area contributed by atoms with Gasteiger partial charge in [0.05, 0.1) is 37.4 Å². The van der Waals surface area contributed by atoms with E-state index >= 15 is 0 Å². The summed E-state index contributed by atoms with van der Waals surface area (Å²) in [6, 6.07) is 6.83. The van der Waals surface area contributed by atoms with E-state index in [9.17, 15) is 9.59 Å². The molecule has 3 rings (SSSR count). The number of hydrogen-bond donors (Lipinski definition) is 1. The van der Waals surface area contributed by atoms with Crippen LogP contribution < -0.4 is 5.32 Å². The maximum absolute atomic E-state index is 12.6. The number of nitrogens with zero attached hydrogens (tertiary/aromatic N) is 2. The highest BCUT2D eigenvalue weighted by Gasteiger charge is 2.40. The number of ether oxygens (including phenoxy) is 2. The summed E-state index contributed by atoms with van der Waals surface area (Å²) in [6.45, 7) is 2.65.